The van der Waals surface area contributed by atoms with E-state index in [2.05, 4.69) is 36.2 Å². The van der Waals surface area contributed by atoms with Gasteiger partial charge in [0.15, 0.2) is 0 Å². The summed E-state index contributed by atoms with van der Waals surface area (Å²) < 4.78 is 40.5. The van der Waals surface area contributed by atoms with Gasteiger partial charge in [0.1, 0.15) is 5.82 Å². The Balaban J connectivity index is 1.39. The lowest BCUT2D eigenvalue weighted by Gasteiger charge is -2.34. The Bertz CT molecular complexity index is 1160. The van der Waals surface area contributed by atoms with E-state index in [4.69, 9.17) is 0 Å². The molecule has 0 aliphatic carbocycles. The van der Waals surface area contributed by atoms with Gasteiger partial charge in [-0.2, -0.15) is 4.31 Å². The fourth-order valence-electron chi connectivity index (χ4n) is 5.21. The summed E-state index contributed by atoms with van der Waals surface area (Å²) in [6, 6.07) is 11.6. The topological polar surface area (TPSA) is 73.0 Å². The molecule has 4 rings (SSSR count). The van der Waals surface area contributed by atoms with Crippen molar-refractivity contribution in [1.82, 2.24) is 14.5 Å². The molecule has 0 unspecified atom stereocenters. The number of nitrogens with one attached hydrogen (secondary N) is 1. The summed E-state index contributed by atoms with van der Waals surface area (Å²) in [7, 11) is -3.70. The number of sulfonamides is 1. The van der Waals surface area contributed by atoms with Crippen LogP contribution >= 0.6 is 0 Å². The summed E-state index contributed by atoms with van der Waals surface area (Å²) in [4.78, 5) is 17.8. The van der Waals surface area contributed by atoms with E-state index >= 15 is 0 Å². The van der Waals surface area contributed by atoms with Crippen LogP contribution in [0.4, 0.5) is 10.1 Å². The van der Waals surface area contributed by atoms with Crippen molar-refractivity contribution in [2.75, 3.05) is 44.2 Å². The van der Waals surface area contributed by atoms with Crippen LogP contribution in [0.5, 0.6) is 0 Å². The molecule has 2 saturated heterocycles. The maximum atomic E-state index is 13.4. The van der Waals surface area contributed by atoms with Crippen molar-refractivity contribution in [3.8, 4) is 0 Å². The van der Waals surface area contributed by atoms with Gasteiger partial charge in [0.25, 0.3) is 0 Å². The highest BCUT2D eigenvalue weighted by atomic mass is 32.2. The fourth-order valence-corrected chi connectivity index (χ4v) is 6.68. The lowest BCUT2D eigenvalue weighted by Crippen LogP contribution is -2.48. The number of anilines is 1. The number of rotatable bonds is 7. The molecule has 2 aromatic carbocycles. The van der Waals surface area contributed by atoms with Gasteiger partial charge in [-0.15, -0.1) is 0 Å². The Morgan fingerprint density at radius 1 is 1.11 bits per heavy atom. The summed E-state index contributed by atoms with van der Waals surface area (Å²) in [5.41, 5.74) is 3.33. The van der Waals surface area contributed by atoms with E-state index in [1.54, 1.807) is 0 Å². The molecule has 1 N–H and O–H groups in total. The number of carbonyl (C=O) groups is 1. The average molecular weight is 517 g/mol. The van der Waals surface area contributed by atoms with Crippen LogP contribution < -0.4 is 10.2 Å². The third-order valence-electron chi connectivity index (χ3n) is 7.32. The number of hydrogen-bond acceptors (Lipinski definition) is 5. The molecule has 2 aromatic rings. The number of hydrogen-bond donors (Lipinski definition) is 1. The van der Waals surface area contributed by atoms with Crippen molar-refractivity contribution in [1.29, 1.82) is 0 Å². The van der Waals surface area contributed by atoms with Gasteiger partial charge >= 0.3 is 0 Å². The molecule has 2 aliphatic rings. The first-order valence-electron chi connectivity index (χ1n) is 12.8. The molecule has 196 valence electrons. The summed E-state index contributed by atoms with van der Waals surface area (Å²) in [5, 5.41) is 3.47. The predicted molar refractivity (Wildman–Crippen MR) is 140 cm³/mol. The fraction of sp³-hybridized carbons (Fsp3) is 0.519. The van der Waals surface area contributed by atoms with E-state index in [0.29, 0.717) is 25.4 Å². The molecule has 0 spiro atoms. The van der Waals surface area contributed by atoms with Gasteiger partial charge in [-0.25, -0.2) is 12.8 Å². The average Bonchev–Trinajstić information content (AvgIpc) is 2.86. The number of nitrogens with zero attached hydrogens (tertiary/aromatic N) is 3. The minimum Gasteiger partial charge on any atom is -0.312 e. The van der Waals surface area contributed by atoms with Gasteiger partial charge in [0.2, 0.25) is 15.9 Å². The molecule has 9 heteroatoms. The first kappa shape index (κ1) is 26.7. The van der Waals surface area contributed by atoms with Crippen molar-refractivity contribution >= 4 is 21.6 Å². The SMILES string of the molecule is CCN(C(=O)C1CCN(S(=O)(=O)c2ccc(F)cc2)CC1)c1ccc(CN2CCN[C@@H](C)C2)c(C)c1. The van der Waals surface area contributed by atoms with Crippen molar-refractivity contribution < 1.29 is 17.6 Å². The van der Waals surface area contributed by atoms with Crippen LogP contribution in [0.3, 0.4) is 0 Å². The molecule has 1 amide bonds. The second kappa shape index (κ2) is 11.4. The highest BCUT2D eigenvalue weighted by Crippen LogP contribution is 2.28. The predicted octanol–water partition coefficient (Wildman–Crippen LogP) is 3.38. The Morgan fingerprint density at radius 2 is 1.81 bits per heavy atom. The van der Waals surface area contributed by atoms with E-state index in [-0.39, 0.29) is 29.8 Å². The molecule has 0 radical (unpaired) electrons. The van der Waals surface area contributed by atoms with Gasteiger partial charge in [-0.05, 0) is 81.1 Å². The molecule has 0 saturated carbocycles. The quantitative estimate of drug-likeness (QED) is 0.611. The summed E-state index contributed by atoms with van der Waals surface area (Å²) in [6.45, 7) is 11.3. The third-order valence-corrected chi connectivity index (χ3v) is 9.23. The van der Waals surface area contributed by atoms with Crippen molar-refractivity contribution in [2.24, 2.45) is 5.92 Å². The Labute approximate surface area is 214 Å². The third kappa shape index (κ3) is 5.96. The van der Waals surface area contributed by atoms with Crippen LogP contribution in [-0.4, -0.2) is 68.8 Å². The van der Waals surface area contributed by atoms with E-state index in [1.807, 2.05) is 17.9 Å². The number of halogens is 1. The van der Waals surface area contributed by atoms with Crippen molar-refractivity contribution in [3.05, 3.63) is 59.4 Å². The van der Waals surface area contributed by atoms with Crippen molar-refractivity contribution in [3.63, 3.8) is 0 Å². The smallest absolute Gasteiger partial charge is 0.243 e. The van der Waals surface area contributed by atoms with Crippen LogP contribution in [0.2, 0.25) is 0 Å². The zero-order chi connectivity index (χ0) is 25.9. The van der Waals surface area contributed by atoms with Gasteiger partial charge in [0.05, 0.1) is 4.90 Å². The lowest BCUT2D eigenvalue weighted by atomic mass is 9.96. The molecular formula is C27H37FN4O3S. The van der Waals surface area contributed by atoms with Crippen LogP contribution in [0.1, 0.15) is 37.8 Å². The van der Waals surface area contributed by atoms with Crippen LogP contribution in [0.25, 0.3) is 0 Å². The van der Waals surface area contributed by atoms with Gasteiger partial charge in [-0.3, -0.25) is 9.69 Å². The second-order valence-corrected chi connectivity index (χ2v) is 11.9. The zero-order valence-electron chi connectivity index (χ0n) is 21.4. The van der Waals surface area contributed by atoms with Crippen LogP contribution in [0, 0.1) is 18.7 Å². The van der Waals surface area contributed by atoms with Gasteiger partial charge < -0.3 is 10.2 Å². The zero-order valence-corrected chi connectivity index (χ0v) is 22.2. The molecule has 2 aliphatic heterocycles. The largest absolute Gasteiger partial charge is 0.312 e. The normalized spacial score (nSPS) is 20.4. The number of benzene rings is 2. The number of amides is 1. The minimum atomic E-state index is -3.70. The van der Waals surface area contributed by atoms with Crippen LogP contribution in [-0.2, 0) is 21.4 Å². The first-order valence-corrected chi connectivity index (χ1v) is 14.3. The minimum absolute atomic E-state index is 0.0411. The summed E-state index contributed by atoms with van der Waals surface area (Å²) in [6.07, 6.45) is 0.933. The first-order chi connectivity index (χ1) is 17.2. The Kier molecular flexibility index (Phi) is 8.44. The lowest BCUT2D eigenvalue weighted by molar-refractivity contribution is -0.123. The second-order valence-electron chi connectivity index (χ2n) is 9.92. The Hall–Kier alpha value is -2.33. The standard InChI is InChI=1S/C27H37FN4O3S/c1-4-32(25-8-5-23(20(2)17-25)19-30-16-13-29-21(3)18-30)27(33)22-11-14-31(15-12-22)36(34,35)26-9-6-24(28)7-10-26/h5-10,17,21-22,29H,4,11-16,18-19H2,1-3H3/t21-/m0/s1. The molecule has 36 heavy (non-hydrogen) atoms. The van der Waals surface area contributed by atoms with E-state index in [1.165, 1.54) is 27.6 Å². The number of piperazine rings is 1. The molecular weight excluding hydrogens is 479 g/mol. The highest BCUT2D eigenvalue weighted by Gasteiger charge is 2.34. The number of piperidine rings is 1. The number of carbonyl (C=O) groups excluding carboxylic acids is 1. The van der Waals surface area contributed by atoms with Gasteiger partial charge in [-0.1, -0.05) is 6.07 Å². The molecule has 0 bridgehead atoms. The van der Waals surface area contributed by atoms with Gasteiger partial charge in [0, 0.05) is 63.5 Å². The molecule has 0 aromatic heterocycles. The van der Waals surface area contributed by atoms with E-state index in [0.717, 1.165) is 44.0 Å². The van der Waals surface area contributed by atoms with E-state index < -0.39 is 15.8 Å². The molecule has 2 fully saturated rings. The van der Waals surface area contributed by atoms with Crippen molar-refractivity contribution in [2.45, 2.75) is 51.1 Å². The van der Waals surface area contributed by atoms with Crippen LogP contribution in [0.15, 0.2) is 47.4 Å². The van der Waals surface area contributed by atoms with E-state index in [9.17, 15) is 17.6 Å². The monoisotopic (exact) mass is 516 g/mol. The summed E-state index contributed by atoms with van der Waals surface area (Å²) in [5.74, 6) is -0.661. The summed E-state index contributed by atoms with van der Waals surface area (Å²) >= 11 is 0. The maximum absolute atomic E-state index is 13.4. The number of aryl methyl sites for hydroxylation is 1. The molecule has 7 nitrogen and oxygen atoms in total. The molecule has 2 heterocycles. The Morgan fingerprint density at radius 3 is 2.42 bits per heavy atom. The highest BCUT2D eigenvalue weighted by molar-refractivity contribution is 7.89. The maximum Gasteiger partial charge on any atom is 0.243 e. The molecule has 1 atom stereocenters.